The third-order valence-corrected chi connectivity index (χ3v) is 0. The topological polar surface area (TPSA) is 17.1 Å². The third kappa shape index (κ3) is 11.2. The fraction of sp³-hybridized carbons (Fsp3) is 0. The van der Waals surface area contributed by atoms with Gasteiger partial charge in [-0.15, -0.1) is 0 Å². The fourth-order valence-corrected chi connectivity index (χ4v) is 0. The number of hydrogen-bond acceptors (Lipinski definition) is 1. The molecule has 0 saturated heterocycles. The average Bonchev–Trinajstić information content (AvgIpc) is 1.00. The molecule has 0 aromatic rings. The standard InChI is InChI=1S/HOP.H3P.V/c1-2;;/h2H;1H3;. The van der Waals surface area contributed by atoms with Crippen molar-refractivity contribution >= 4 is 19.0 Å². The van der Waals surface area contributed by atoms with Gasteiger partial charge in [-0.3, -0.25) is 4.57 Å². The van der Waals surface area contributed by atoms with Crippen molar-refractivity contribution < 1.29 is 23.1 Å². The Bertz CT molecular complexity index is 6.00. The van der Waals surface area contributed by atoms with Crippen molar-refractivity contribution in [3.05, 3.63) is 0 Å². The van der Waals surface area contributed by atoms with Crippen LogP contribution in [0.25, 0.3) is 0 Å². The predicted molar refractivity (Wildman–Crippen MR) is 20.1 cm³/mol. The maximum atomic E-state index is 8.06. The first-order valence-electron chi connectivity index (χ1n) is 0.204. The Morgan fingerprint density at radius 2 is 1.25 bits per heavy atom. The smallest absolute Gasteiger partial charge is 0.138 e. The largest absolute Gasteiger partial charge is 0.279 e. The summed E-state index contributed by atoms with van der Waals surface area (Å²) in [4.78, 5) is 0. The van der Waals surface area contributed by atoms with Crippen LogP contribution in [0.5, 0.6) is 0 Å². The molecule has 0 aliphatic heterocycles. The molecule has 0 aromatic carbocycles. The van der Waals surface area contributed by atoms with Crippen molar-refractivity contribution in [1.82, 2.24) is 0 Å². The average molecular weight is 133 g/mol. The van der Waals surface area contributed by atoms with Crippen molar-refractivity contribution in [1.29, 1.82) is 0 Å². The van der Waals surface area contributed by atoms with Gasteiger partial charge in [0, 0.05) is 18.6 Å². The van der Waals surface area contributed by atoms with E-state index in [4.69, 9.17) is 4.57 Å². The van der Waals surface area contributed by atoms with Crippen LogP contribution in [0.4, 0.5) is 0 Å². The molecule has 0 N–H and O–H groups in total. The molecule has 25 valence electrons. The first-order valence-corrected chi connectivity index (χ1v) is 0.612. The van der Waals surface area contributed by atoms with Gasteiger partial charge in [0.1, 0.15) is 9.12 Å². The SMILES string of the molecule is O=P.P.[V]. The van der Waals surface area contributed by atoms with E-state index in [-0.39, 0.29) is 28.5 Å². The zero-order valence-electron chi connectivity index (χ0n) is 2.06. The van der Waals surface area contributed by atoms with E-state index in [0.717, 1.165) is 0 Å². The van der Waals surface area contributed by atoms with Gasteiger partial charge in [-0.25, -0.2) is 0 Å². The van der Waals surface area contributed by atoms with Gasteiger partial charge in [-0.05, 0) is 0 Å². The van der Waals surface area contributed by atoms with E-state index in [1.54, 1.807) is 9.12 Å². The summed E-state index contributed by atoms with van der Waals surface area (Å²) in [7, 11) is 1.72. The van der Waals surface area contributed by atoms with Crippen molar-refractivity contribution in [3.8, 4) is 0 Å². The number of rotatable bonds is 0. The summed E-state index contributed by atoms with van der Waals surface area (Å²) in [5.41, 5.74) is 0. The molecule has 1 unspecified atom stereocenters. The van der Waals surface area contributed by atoms with Crippen LogP contribution in [0.1, 0.15) is 0 Å². The zero-order valence-corrected chi connectivity index (χ0v) is 5.87. The van der Waals surface area contributed by atoms with Gasteiger partial charge in [0.05, 0.1) is 0 Å². The van der Waals surface area contributed by atoms with Gasteiger partial charge >= 0.3 is 0 Å². The molecule has 1 radical (unpaired) electrons. The molecule has 0 fully saturated rings. The second kappa shape index (κ2) is 32.1. The molecular weight excluding hydrogens is 129 g/mol. The van der Waals surface area contributed by atoms with E-state index in [2.05, 4.69) is 0 Å². The minimum atomic E-state index is 0. The van der Waals surface area contributed by atoms with Gasteiger partial charge < -0.3 is 0 Å². The van der Waals surface area contributed by atoms with Crippen molar-refractivity contribution in [3.63, 3.8) is 0 Å². The maximum absolute atomic E-state index is 8.06. The van der Waals surface area contributed by atoms with Crippen LogP contribution in [-0.2, 0) is 23.1 Å². The van der Waals surface area contributed by atoms with Crippen LogP contribution in [0.3, 0.4) is 0 Å². The van der Waals surface area contributed by atoms with Crippen LogP contribution in [-0.4, -0.2) is 0 Å². The van der Waals surface area contributed by atoms with E-state index in [9.17, 15) is 0 Å². The molecule has 0 aliphatic carbocycles. The summed E-state index contributed by atoms with van der Waals surface area (Å²) in [5.74, 6) is 0. The van der Waals surface area contributed by atoms with Gasteiger partial charge in [0.15, 0.2) is 0 Å². The van der Waals surface area contributed by atoms with E-state index in [1.165, 1.54) is 0 Å². The molecule has 0 bridgehead atoms. The Balaban J connectivity index is -0.00000000500. The van der Waals surface area contributed by atoms with Crippen molar-refractivity contribution in [2.75, 3.05) is 0 Å². The molecule has 0 rings (SSSR count). The zero-order chi connectivity index (χ0) is 2.00. The summed E-state index contributed by atoms with van der Waals surface area (Å²) >= 11 is 0. The molecule has 0 saturated carbocycles. The van der Waals surface area contributed by atoms with Crippen LogP contribution >= 0.6 is 19.0 Å². The molecule has 0 spiro atoms. The molecule has 0 amide bonds. The van der Waals surface area contributed by atoms with E-state index < -0.39 is 0 Å². The van der Waals surface area contributed by atoms with Crippen LogP contribution in [0.15, 0.2) is 0 Å². The Kier molecular flexibility index (Phi) is 156. The van der Waals surface area contributed by atoms with Gasteiger partial charge in [-0.1, -0.05) is 0 Å². The molecule has 0 aromatic heterocycles. The first-order chi connectivity index (χ1) is 1.00. The molecule has 4 heteroatoms. The molecular formula is H4OP2V. The second-order valence-electron chi connectivity index (χ2n) is 0. The number of hydrogen-bond donors (Lipinski definition) is 0. The van der Waals surface area contributed by atoms with E-state index >= 15 is 0 Å². The third-order valence-electron chi connectivity index (χ3n) is 0. The quantitative estimate of drug-likeness (QED) is 0.440. The molecule has 1 nitrogen and oxygen atoms in total. The minimum Gasteiger partial charge on any atom is -0.279 e. The van der Waals surface area contributed by atoms with Crippen molar-refractivity contribution in [2.45, 2.75) is 0 Å². The van der Waals surface area contributed by atoms with Crippen molar-refractivity contribution in [2.24, 2.45) is 0 Å². The predicted octanol–water partition coefficient (Wildman–Crippen LogP) is 0.530. The van der Waals surface area contributed by atoms with Gasteiger partial charge in [0.2, 0.25) is 0 Å². The van der Waals surface area contributed by atoms with Crippen LogP contribution in [0.2, 0.25) is 0 Å². The van der Waals surface area contributed by atoms with Gasteiger partial charge in [-0.2, -0.15) is 9.90 Å². The first kappa shape index (κ1) is 19.4. The minimum absolute atomic E-state index is 0. The molecule has 0 aliphatic rings. The van der Waals surface area contributed by atoms with Gasteiger partial charge in [0.25, 0.3) is 0 Å². The Labute approximate surface area is 42.7 Å². The fourth-order valence-electron chi connectivity index (χ4n) is 0. The van der Waals surface area contributed by atoms with Crippen LogP contribution < -0.4 is 0 Å². The normalized spacial score (nSPS) is 1.00. The summed E-state index contributed by atoms with van der Waals surface area (Å²) in [6.07, 6.45) is 0. The molecule has 1 atom stereocenters. The van der Waals surface area contributed by atoms with E-state index in [1.807, 2.05) is 0 Å². The monoisotopic (exact) mass is 133 g/mol. The summed E-state index contributed by atoms with van der Waals surface area (Å²) in [5, 5.41) is 0. The summed E-state index contributed by atoms with van der Waals surface area (Å²) in [6.45, 7) is 0. The maximum Gasteiger partial charge on any atom is 0.138 e. The Morgan fingerprint density at radius 3 is 1.25 bits per heavy atom. The second-order valence-corrected chi connectivity index (χ2v) is 0. The molecule has 0 heterocycles. The summed E-state index contributed by atoms with van der Waals surface area (Å²) in [6, 6.07) is 0. The Morgan fingerprint density at radius 1 is 1.25 bits per heavy atom. The Hall–Kier alpha value is 1.11. The molecule has 4 heavy (non-hydrogen) atoms. The summed E-state index contributed by atoms with van der Waals surface area (Å²) < 4.78 is 8.06. The van der Waals surface area contributed by atoms with E-state index in [0.29, 0.717) is 0 Å². The van der Waals surface area contributed by atoms with Crippen LogP contribution in [0, 0.1) is 0 Å².